The zero-order chi connectivity index (χ0) is 9.64. The monoisotopic (exact) mass is 183 g/mol. The van der Waals surface area contributed by atoms with Crippen LogP contribution < -0.4 is 5.32 Å². The third kappa shape index (κ3) is 1.10. The van der Waals surface area contributed by atoms with E-state index >= 15 is 0 Å². The molecule has 2 rings (SSSR count). The van der Waals surface area contributed by atoms with Gasteiger partial charge < -0.3 is 5.32 Å². The van der Waals surface area contributed by atoms with E-state index in [-0.39, 0.29) is 5.41 Å². The molecule has 0 bridgehead atoms. The van der Waals surface area contributed by atoms with Gasteiger partial charge in [0.05, 0.1) is 5.69 Å². The summed E-state index contributed by atoms with van der Waals surface area (Å²) < 4.78 is 26.0. The molecular formula is C10H11F2N. The Morgan fingerprint density at radius 2 is 2.00 bits per heavy atom. The maximum atomic E-state index is 13.2. The summed E-state index contributed by atoms with van der Waals surface area (Å²) in [5.41, 5.74) is 1.07. The lowest BCUT2D eigenvalue weighted by molar-refractivity contribution is 0.509. The van der Waals surface area contributed by atoms with Crippen LogP contribution in [0, 0.1) is 11.6 Å². The molecule has 0 unspecified atom stereocenters. The Bertz CT molecular complexity index is 358. The predicted octanol–water partition coefficient (Wildman–Crippen LogP) is 2.67. The molecule has 0 radical (unpaired) electrons. The molecule has 0 atom stereocenters. The van der Waals surface area contributed by atoms with Crippen molar-refractivity contribution < 1.29 is 8.78 Å². The van der Waals surface area contributed by atoms with Gasteiger partial charge in [-0.3, -0.25) is 0 Å². The number of fused-ring (bicyclic) bond motifs is 1. The van der Waals surface area contributed by atoms with E-state index in [1.165, 1.54) is 6.07 Å². The minimum atomic E-state index is -0.788. The first-order valence-corrected chi connectivity index (χ1v) is 4.25. The van der Waals surface area contributed by atoms with E-state index in [0.29, 0.717) is 12.2 Å². The number of halogens is 2. The molecule has 0 spiro atoms. The molecular weight excluding hydrogens is 172 g/mol. The van der Waals surface area contributed by atoms with Crippen LogP contribution in [0.25, 0.3) is 0 Å². The summed E-state index contributed by atoms with van der Waals surface area (Å²) in [6, 6.07) is 2.83. The Kier molecular flexibility index (Phi) is 1.59. The molecule has 0 aromatic heterocycles. The van der Waals surface area contributed by atoms with Gasteiger partial charge in [0.1, 0.15) is 0 Å². The van der Waals surface area contributed by atoms with Gasteiger partial charge in [-0.15, -0.1) is 0 Å². The van der Waals surface area contributed by atoms with Crippen LogP contribution in [0.15, 0.2) is 12.1 Å². The summed E-state index contributed by atoms with van der Waals surface area (Å²) in [6.07, 6.45) is 0. The van der Waals surface area contributed by atoms with Crippen LogP contribution >= 0.6 is 0 Å². The molecule has 0 aliphatic carbocycles. The van der Waals surface area contributed by atoms with Crippen LogP contribution in [0.1, 0.15) is 19.4 Å². The quantitative estimate of drug-likeness (QED) is 0.652. The zero-order valence-electron chi connectivity index (χ0n) is 7.62. The number of benzene rings is 1. The Morgan fingerprint density at radius 1 is 1.31 bits per heavy atom. The van der Waals surface area contributed by atoms with Crippen LogP contribution in [0.2, 0.25) is 0 Å². The van der Waals surface area contributed by atoms with Crippen LogP contribution in [0.3, 0.4) is 0 Å². The molecule has 0 fully saturated rings. The first-order valence-electron chi connectivity index (χ1n) is 4.25. The first-order chi connectivity index (χ1) is 6.02. The fraction of sp³-hybridized carbons (Fsp3) is 0.400. The van der Waals surface area contributed by atoms with Gasteiger partial charge >= 0.3 is 0 Å². The van der Waals surface area contributed by atoms with Crippen LogP contribution in [-0.4, -0.2) is 6.54 Å². The lowest BCUT2D eigenvalue weighted by atomic mass is 9.87. The molecule has 70 valence electrons. The average Bonchev–Trinajstić information content (AvgIpc) is 2.35. The lowest BCUT2D eigenvalue weighted by Gasteiger charge is -2.16. The minimum absolute atomic E-state index is 0.107. The highest BCUT2D eigenvalue weighted by Crippen LogP contribution is 2.38. The molecule has 1 nitrogen and oxygen atoms in total. The molecule has 1 aliphatic rings. The van der Waals surface area contributed by atoms with Crippen molar-refractivity contribution in [2.24, 2.45) is 0 Å². The normalized spacial score (nSPS) is 18.2. The summed E-state index contributed by atoms with van der Waals surface area (Å²) in [7, 11) is 0. The summed E-state index contributed by atoms with van der Waals surface area (Å²) in [6.45, 7) is 4.66. The van der Waals surface area contributed by atoms with Gasteiger partial charge in [0, 0.05) is 12.0 Å². The molecule has 1 aromatic carbocycles. The summed E-state index contributed by atoms with van der Waals surface area (Å²) in [5, 5.41) is 2.88. The van der Waals surface area contributed by atoms with E-state index < -0.39 is 11.6 Å². The van der Waals surface area contributed by atoms with Crippen LogP contribution in [0.4, 0.5) is 14.5 Å². The number of rotatable bonds is 0. The van der Waals surface area contributed by atoms with E-state index in [1.54, 1.807) is 6.07 Å². The Labute approximate surface area is 75.8 Å². The van der Waals surface area contributed by atoms with E-state index in [0.717, 1.165) is 5.56 Å². The molecule has 1 heterocycles. The molecule has 0 saturated heterocycles. The van der Waals surface area contributed by atoms with Crippen molar-refractivity contribution in [1.82, 2.24) is 0 Å². The maximum absolute atomic E-state index is 13.2. The Hall–Kier alpha value is -1.12. The highest BCUT2D eigenvalue weighted by Gasteiger charge is 2.32. The van der Waals surface area contributed by atoms with E-state index in [4.69, 9.17) is 0 Å². The Balaban J connectivity index is 2.64. The van der Waals surface area contributed by atoms with Gasteiger partial charge in [-0.25, -0.2) is 8.78 Å². The van der Waals surface area contributed by atoms with Gasteiger partial charge in [0.2, 0.25) is 0 Å². The number of nitrogens with one attached hydrogen (secondary N) is 1. The fourth-order valence-electron chi connectivity index (χ4n) is 1.69. The predicted molar refractivity (Wildman–Crippen MR) is 47.9 cm³/mol. The lowest BCUT2D eigenvalue weighted by Crippen LogP contribution is -2.18. The first kappa shape index (κ1) is 8.48. The van der Waals surface area contributed by atoms with E-state index in [9.17, 15) is 8.78 Å². The van der Waals surface area contributed by atoms with Crippen molar-refractivity contribution in [1.29, 1.82) is 0 Å². The van der Waals surface area contributed by atoms with E-state index in [2.05, 4.69) is 5.32 Å². The number of hydrogen-bond donors (Lipinski definition) is 1. The topological polar surface area (TPSA) is 12.0 Å². The van der Waals surface area contributed by atoms with Crippen LogP contribution in [-0.2, 0) is 5.41 Å². The van der Waals surface area contributed by atoms with Crippen molar-refractivity contribution in [3.05, 3.63) is 29.3 Å². The minimum Gasteiger partial charge on any atom is -0.381 e. The zero-order valence-corrected chi connectivity index (χ0v) is 7.62. The fourth-order valence-corrected chi connectivity index (χ4v) is 1.69. The SMILES string of the molecule is CC1(C)CNc2c1ccc(F)c2F. The van der Waals surface area contributed by atoms with Crippen molar-refractivity contribution in [2.75, 3.05) is 11.9 Å². The van der Waals surface area contributed by atoms with Gasteiger partial charge in [-0.2, -0.15) is 0 Å². The number of anilines is 1. The van der Waals surface area contributed by atoms with Crippen LogP contribution in [0.5, 0.6) is 0 Å². The molecule has 0 amide bonds. The molecule has 3 heteroatoms. The highest BCUT2D eigenvalue weighted by molar-refractivity contribution is 5.60. The largest absolute Gasteiger partial charge is 0.381 e. The second-order valence-electron chi connectivity index (χ2n) is 4.02. The second-order valence-corrected chi connectivity index (χ2v) is 4.02. The standard InChI is InChI=1S/C10H11F2N/c1-10(2)5-13-9-6(10)3-4-7(11)8(9)12/h3-4,13H,5H2,1-2H3. The third-order valence-electron chi connectivity index (χ3n) is 2.53. The smallest absolute Gasteiger partial charge is 0.182 e. The van der Waals surface area contributed by atoms with Gasteiger partial charge in [-0.05, 0) is 11.6 Å². The Morgan fingerprint density at radius 3 is 2.69 bits per heavy atom. The molecule has 1 aromatic rings. The summed E-state index contributed by atoms with van der Waals surface area (Å²) in [5.74, 6) is -1.55. The molecule has 0 saturated carbocycles. The van der Waals surface area contributed by atoms with Crippen molar-refractivity contribution in [3.8, 4) is 0 Å². The maximum Gasteiger partial charge on any atom is 0.182 e. The van der Waals surface area contributed by atoms with Gasteiger partial charge in [-0.1, -0.05) is 19.9 Å². The second kappa shape index (κ2) is 2.44. The summed E-state index contributed by atoms with van der Waals surface area (Å²) in [4.78, 5) is 0. The van der Waals surface area contributed by atoms with E-state index in [1.807, 2.05) is 13.8 Å². The average molecular weight is 183 g/mol. The third-order valence-corrected chi connectivity index (χ3v) is 2.53. The molecule has 1 N–H and O–H groups in total. The highest BCUT2D eigenvalue weighted by atomic mass is 19.2. The molecule has 1 aliphatic heterocycles. The summed E-state index contributed by atoms with van der Waals surface area (Å²) >= 11 is 0. The van der Waals surface area contributed by atoms with Crippen molar-refractivity contribution in [3.63, 3.8) is 0 Å². The van der Waals surface area contributed by atoms with Crippen molar-refractivity contribution >= 4 is 5.69 Å². The van der Waals surface area contributed by atoms with Gasteiger partial charge in [0.15, 0.2) is 11.6 Å². The van der Waals surface area contributed by atoms with Crippen molar-refractivity contribution in [2.45, 2.75) is 19.3 Å². The molecule has 13 heavy (non-hydrogen) atoms. The number of hydrogen-bond acceptors (Lipinski definition) is 1. The van der Waals surface area contributed by atoms with Gasteiger partial charge in [0.25, 0.3) is 0 Å².